The molecule has 3 heteroatoms. The molecule has 1 aromatic rings. The molecule has 0 bridgehead atoms. The highest BCUT2D eigenvalue weighted by molar-refractivity contribution is 5.45. The zero-order valence-electron chi connectivity index (χ0n) is 14.2. The van der Waals surface area contributed by atoms with Crippen molar-refractivity contribution in [2.24, 2.45) is 0 Å². The Morgan fingerprint density at radius 2 is 2.00 bits per heavy atom. The van der Waals surface area contributed by atoms with E-state index in [1.807, 2.05) is 0 Å². The lowest BCUT2D eigenvalue weighted by Crippen LogP contribution is -2.27. The molecule has 21 heavy (non-hydrogen) atoms. The van der Waals surface area contributed by atoms with Crippen molar-refractivity contribution >= 4 is 5.82 Å². The number of nitrogens with zero attached hydrogens (tertiary/aromatic N) is 2. The number of hydrogen-bond acceptors (Lipinski definition) is 3. The average Bonchev–Trinajstić information content (AvgIpc) is 2.43. The molecule has 0 spiro atoms. The highest BCUT2D eigenvalue weighted by Crippen LogP contribution is 2.25. The van der Waals surface area contributed by atoms with Gasteiger partial charge in [0.05, 0.1) is 6.54 Å². The lowest BCUT2D eigenvalue weighted by Gasteiger charge is -2.25. The van der Waals surface area contributed by atoms with Gasteiger partial charge in [0.1, 0.15) is 5.82 Å². The maximum absolute atomic E-state index is 5.51. The Kier molecular flexibility index (Phi) is 6.71. The van der Waals surface area contributed by atoms with Gasteiger partial charge < -0.3 is 10.2 Å². The third-order valence-electron chi connectivity index (χ3n) is 3.32. The van der Waals surface area contributed by atoms with E-state index < -0.39 is 0 Å². The van der Waals surface area contributed by atoms with E-state index in [9.17, 15) is 0 Å². The molecule has 0 aliphatic rings. The summed E-state index contributed by atoms with van der Waals surface area (Å²) in [6.07, 6.45) is 6.57. The fourth-order valence-corrected chi connectivity index (χ4v) is 2.14. The number of terminal acetylenes is 1. The van der Waals surface area contributed by atoms with Crippen LogP contribution in [0.3, 0.4) is 0 Å². The fraction of sp³-hybridized carbons (Fsp3) is 0.611. The van der Waals surface area contributed by atoms with E-state index in [2.05, 4.69) is 62.9 Å². The molecule has 0 saturated heterocycles. The van der Waals surface area contributed by atoms with Gasteiger partial charge in [0, 0.05) is 24.2 Å². The highest BCUT2D eigenvalue weighted by atomic mass is 15.2. The van der Waals surface area contributed by atoms with Crippen LogP contribution < -0.4 is 10.2 Å². The topological polar surface area (TPSA) is 28.2 Å². The van der Waals surface area contributed by atoms with Crippen molar-refractivity contribution in [3.8, 4) is 12.3 Å². The first-order valence-corrected chi connectivity index (χ1v) is 7.83. The molecule has 0 aliphatic heterocycles. The molecule has 0 fully saturated rings. The lowest BCUT2D eigenvalue weighted by molar-refractivity contribution is 0.565. The van der Waals surface area contributed by atoms with Crippen molar-refractivity contribution in [2.75, 3.05) is 24.5 Å². The van der Waals surface area contributed by atoms with Gasteiger partial charge in [0.15, 0.2) is 0 Å². The summed E-state index contributed by atoms with van der Waals surface area (Å²) in [7, 11) is 0. The Morgan fingerprint density at radius 1 is 1.29 bits per heavy atom. The second kappa shape index (κ2) is 8.05. The Hall–Kier alpha value is -1.53. The molecule has 1 aromatic heterocycles. The molecule has 3 nitrogen and oxygen atoms in total. The van der Waals surface area contributed by atoms with Crippen LogP contribution in [-0.2, 0) is 12.0 Å². The van der Waals surface area contributed by atoms with Gasteiger partial charge in [-0.3, -0.25) is 0 Å². The van der Waals surface area contributed by atoms with Crippen LogP contribution in [0, 0.1) is 12.3 Å². The molecular weight excluding hydrogens is 258 g/mol. The van der Waals surface area contributed by atoms with Crippen molar-refractivity contribution in [1.29, 1.82) is 0 Å². The van der Waals surface area contributed by atoms with Crippen molar-refractivity contribution in [3.05, 3.63) is 23.4 Å². The normalized spacial score (nSPS) is 11.2. The van der Waals surface area contributed by atoms with E-state index in [1.54, 1.807) is 0 Å². The molecule has 0 unspecified atom stereocenters. The molecule has 0 saturated carbocycles. The molecule has 1 N–H and O–H groups in total. The van der Waals surface area contributed by atoms with Crippen LogP contribution >= 0.6 is 0 Å². The molecule has 1 heterocycles. The fourth-order valence-electron chi connectivity index (χ4n) is 2.14. The molecule has 0 amide bonds. The third kappa shape index (κ3) is 5.40. The summed E-state index contributed by atoms with van der Waals surface area (Å²) in [4.78, 5) is 7.04. The maximum Gasteiger partial charge on any atom is 0.129 e. The predicted octanol–water partition coefficient (Wildman–Crippen LogP) is 3.34. The predicted molar refractivity (Wildman–Crippen MR) is 91.7 cm³/mol. The largest absolute Gasteiger partial charge is 0.345 e. The van der Waals surface area contributed by atoms with Crippen molar-refractivity contribution in [2.45, 2.75) is 53.0 Å². The van der Waals surface area contributed by atoms with Gasteiger partial charge in [-0.1, -0.05) is 40.5 Å². The summed E-state index contributed by atoms with van der Waals surface area (Å²) in [5.74, 6) is 3.74. The number of hydrogen-bond donors (Lipinski definition) is 1. The van der Waals surface area contributed by atoms with Gasteiger partial charge in [-0.25, -0.2) is 4.98 Å². The SMILES string of the molecule is C#CCN(CCC)c1cc(CNCC)cc(C(C)(C)C)n1. The van der Waals surface area contributed by atoms with Crippen LogP contribution in [0.15, 0.2) is 12.1 Å². The third-order valence-corrected chi connectivity index (χ3v) is 3.32. The van der Waals surface area contributed by atoms with Crippen LogP contribution in [0.25, 0.3) is 0 Å². The first-order valence-electron chi connectivity index (χ1n) is 7.83. The van der Waals surface area contributed by atoms with E-state index in [1.165, 1.54) is 5.56 Å². The summed E-state index contributed by atoms with van der Waals surface area (Å²) in [6.45, 7) is 14.2. The van der Waals surface area contributed by atoms with E-state index in [4.69, 9.17) is 11.4 Å². The number of nitrogens with one attached hydrogen (secondary N) is 1. The maximum atomic E-state index is 5.51. The molecule has 116 valence electrons. The second-order valence-corrected chi connectivity index (χ2v) is 6.37. The monoisotopic (exact) mass is 287 g/mol. The van der Waals surface area contributed by atoms with Crippen molar-refractivity contribution in [1.82, 2.24) is 10.3 Å². The number of anilines is 1. The first-order chi connectivity index (χ1) is 9.92. The quantitative estimate of drug-likeness (QED) is 0.780. The second-order valence-electron chi connectivity index (χ2n) is 6.37. The first kappa shape index (κ1) is 17.5. The minimum Gasteiger partial charge on any atom is -0.345 e. The van der Waals surface area contributed by atoms with E-state index >= 15 is 0 Å². The summed E-state index contributed by atoms with van der Waals surface area (Å²) < 4.78 is 0. The summed E-state index contributed by atoms with van der Waals surface area (Å²) in [5, 5.41) is 3.39. The van der Waals surface area contributed by atoms with Gasteiger partial charge in [-0.2, -0.15) is 0 Å². The van der Waals surface area contributed by atoms with Gasteiger partial charge in [0.25, 0.3) is 0 Å². The van der Waals surface area contributed by atoms with Gasteiger partial charge in [-0.05, 0) is 30.7 Å². The summed E-state index contributed by atoms with van der Waals surface area (Å²) in [5.41, 5.74) is 2.42. The molecule has 1 rings (SSSR count). The van der Waals surface area contributed by atoms with E-state index in [-0.39, 0.29) is 5.41 Å². The van der Waals surface area contributed by atoms with Crippen molar-refractivity contribution < 1.29 is 0 Å². The zero-order chi connectivity index (χ0) is 15.9. The summed E-state index contributed by atoms with van der Waals surface area (Å²) in [6, 6.07) is 4.36. The molecular formula is C18H29N3. The Morgan fingerprint density at radius 3 is 2.52 bits per heavy atom. The average molecular weight is 287 g/mol. The standard InChI is InChI=1S/C18H29N3/c1-7-10-21(11-8-2)17-13-15(14-19-9-3)12-16(20-17)18(4,5)6/h1,12-13,19H,8-11,14H2,2-6H3. The van der Waals surface area contributed by atoms with E-state index in [0.717, 1.165) is 37.6 Å². The van der Waals surface area contributed by atoms with Crippen LogP contribution in [0.2, 0.25) is 0 Å². The lowest BCUT2D eigenvalue weighted by atomic mass is 9.90. The Labute approximate surface area is 130 Å². The highest BCUT2D eigenvalue weighted by Gasteiger charge is 2.18. The molecule has 0 aromatic carbocycles. The van der Waals surface area contributed by atoms with Crippen LogP contribution in [0.1, 0.15) is 52.3 Å². The molecule has 0 radical (unpaired) electrons. The number of pyridine rings is 1. The number of rotatable bonds is 7. The summed E-state index contributed by atoms with van der Waals surface area (Å²) >= 11 is 0. The van der Waals surface area contributed by atoms with Crippen LogP contribution in [0.5, 0.6) is 0 Å². The smallest absolute Gasteiger partial charge is 0.129 e. The van der Waals surface area contributed by atoms with Gasteiger partial charge >= 0.3 is 0 Å². The van der Waals surface area contributed by atoms with Crippen molar-refractivity contribution in [3.63, 3.8) is 0 Å². The van der Waals surface area contributed by atoms with Crippen LogP contribution in [-0.4, -0.2) is 24.6 Å². The van der Waals surface area contributed by atoms with Gasteiger partial charge in [-0.15, -0.1) is 6.42 Å². The molecule has 0 atom stereocenters. The Balaban J connectivity index is 3.19. The molecule has 0 aliphatic carbocycles. The van der Waals surface area contributed by atoms with Gasteiger partial charge in [0.2, 0.25) is 0 Å². The zero-order valence-corrected chi connectivity index (χ0v) is 14.2. The minimum absolute atomic E-state index is 0.0327. The minimum atomic E-state index is 0.0327. The van der Waals surface area contributed by atoms with E-state index in [0.29, 0.717) is 6.54 Å². The number of aromatic nitrogens is 1. The van der Waals surface area contributed by atoms with Crippen LogP contribution in [0.4, 0.5) is 5.82 Å². The Bertz CT molecular complexity index is 480.